The summed E-state index contributed by atoms with van der Waals surface area (Å²) in [5.74, 6) is 0. The minimum atomic E-state index is -3.96. The third-order valence-electron chi connectivity index (χ3n) is 0.401. The van der Waals surface area contributed by atoms with Gasteiger partial charge in [-0.2, -0.15) is 13.2 Å². The van der Waals surface area contributed by atoms with Crippen LogP contribution >= 0.6 is 0 Å². The number of alkyl halides is 3. The van der Waals surface area contributed by atoms with Crippen molar-refractivity contribution in [2.24, 2.45) is 0 Å². The molecule has 0 N–H and O–H groups in total. The first-order valence-electron chi connectivity index (χ1n) is 1.63. The van der Waals surface area contributed by atoms with Crippen LogP contribution in [0.4, 0.5) is 13.2 Å². The van der Waals surface area contributed by atoms with Crippen LogP contribution in [0.5, 0.6) is 0 Å². The largest absolute Gasteiger partial charge is 1.00 e. The van der Waals surface area contributed by atoms with Gasteiger partial charge in [0.1, 0.15) is 0 Å². The zero-order valence-electron chi connectivity index (χ0n) is 4.10. The Labute approximate surface area is 58.3 Å². The Hall–Kier alpha value is 0.370. The molecular weight excluding hydrogens is 164 g/mol. The summed E-state index contributed by atoms with van der Waals surface area (Å²) in [6.07, 6.45) is -4.69. The van der Waals surface area contributed by atoms with E-state index in [0.29, 0.717) is 0 Å². The molecule has 0 fully saturated rings. The normalized spacial score (nSPS) is 9.00. The van der Waals surface area contributed by atoms with Crippen molar-refractivity contribution in [1.29, 1.82) is 0 Å². The molecule has 0 aromatic rings. The molecule has 0 unspecified atom stereocenters. The van der Waals surface area contributed by atoms with E-state index in [0.717, 1.165) is 6.92 Å². The molecule has 0 aromatic carbocycles. The Morgan fingerprint density at radius 2 is 1.25 bits per heavy atom. The van der Waals surface area contributed by atoms with Gasteiger partial charge in [0.2, 0.25) is 0 Å². The third-order valence-corrected chi connectivity index (χ3v) is 0.401. The first kappa shape index (κ1) is 15.8. The van der Waals surface area contributed by atoms with E-state index in [1.165, 1.54) is 0 Å². The van der Waals surface area contributed by atoms with Crippen molar-refractivity contribution in [2.45, 2.75) is 19.5 Å². The fourth-order valence-electron chi connectivity index (χ4n) is 0. The lowest BCUT2D eigenvalue weighted by Crippen LogP contribution is -3.00. The van der Waals surface area contributed by atoms with Crippen molar-refractivity contribution in [2.75, 3.05) is 0 Å². The highest BCUT2D eigenvalue weighted by Gasteiger charge is 2.22. The zero-order valence-corrected chi connectivity index (χ0v) is 5.61. The molecule has 0 aliphatic rings. The van der Waals surface area contributed by atoms with E-state index in [-0.39, 0.29) is 24.8 Å². The van der Waals surface area contributed by atoms with Crippen molar-refractivity contribution in [1.82, 2.24) is 0 Å². The van der Waals surface area contributed by atoms with Crippen molar-refractivity contribution in [3.05, 3.63) is 0 Å². The average molecular weight is 169 g/mol. The molecule has 0 nitrogen and oxygen atoms in total. The fourth-order valence-corrected chi connectivity index (χ4v) is 0. The Morgan fingerprint density at radius 1 is 1.12 bits per heavy atom. The van der Waals surface area contributed by atoms with Crippen LogP contribution in [0, 0.1) is 0 Å². The molecule has 8 heavy (non-hydrogen) atoms. The van der Waals surface area contributed by atoms with Crippen LogP contribution < -0.4 is 24.8 Å². The van der Waals surface area contributed by atoms with Gasteiger partial charge in [0.15, 0.2) is 0 Å². The van der Waals surface area contributed by atoms with Gasteiger partial charge in [-0.25, -0.2) is 0 Å². The van der Waals surface area contributed by atoms with E-state index in [1.807, 2.05) is 0 Å². The van der Waals surface area contributed by atoms with Crippen molar-refractivity contribution < 1.29 is 38.0 Å². The molecule has 0 heterocycles. The van der Waals surface area contributed by atoms with Crippen molar-refractivity contribution in [3.8, 4) is 0 Å². The monoisotopic (exact) mass is 168 g/mol. The minimum Gasteiger partial charge on any atom is -1.00 e. The molecule has 0 saturated heterocycles. The van der Waals surface area contributed by atoms with E-state index in [2.05, 4.69) is 0 Å². The second kappa shape index (κ2) is 5.51. The van der Waals surface area contributed by atoms with E-state index >= 15 is 0 Å². The Balaban J connectivity index is -0.000000125. The molecule has 0 aromatic heterocycles. The molecule has 0 saturated carbocycles. The zero-order chi connectivity index (χ0) is 5.21. The molecule has 0 aliphatic heterocycles. The van der Waals surface area contributed by atoms with Crippen LogP contribution in [0.1, 0.15) is 13.3 Å². The summed E-state index contributed by atoms with van der Waals surface area (Å²) < 4.78 is 32.4. The van der Waals surface area contributed by atoms with Gasteiger partial charge in [-0.15, -0.1) is 0 Å². The Kier molecular flexibility index (Phi) is 10.9. The minimum absolute atomic E-state index is 0. The van der Waals surface area contributed by atoms with Crippen LogP contribution in [-0.4, -0.2) is 6.18 Å². The van der Waals surface area contributed by atoms with Gasteiger partial charge in [0.25, 0.3) is 0 Å². The summed E-state index contributed by atoms with van der Waals surface area (Å²) in [4.78, 5) is 0. The van der Waals surface area contributed by atoms with Gasteiger partial charge in [-0.1, -0.05) is 6.92 Å². The molecule has 54 valence electrons. The molecule has 5 heteroatoms. The van der Waals surface area contributed by atoms with E-state index in [1.54, 1.807) is 0 Å². The van der Waals surface area contributed by atoms with Gasteiger partial charge in [-0.3, -0.25) is 0 Å². The number of rotatable bonds is 0. The second-order valence-corrected chi connectivity index (χ2v) is 0.969. The lowest BCUT2D eigenvalue weighted by Gasteiger charge is -1.96. The lowest BCUT2D eigenvalue weighted by molar-refractivity contribution is -0.130. The Bertz CT molecular complexity index is 42.3. The predicted octanol–water partition coefficient (Wildman–Crippen LogP) is -4.03. The maximum Gasteiger partial charge on any atom is 0.388 e. The van der Waals surface area contributed by atoms with Gasteiger partial charge < -0.3 is 24.8 Å². The summed E-state index contributed by atoms with van der Waals surface area (Å²) in [6, 6.07) is 0. The average Bonchev–Trinajstić information content (AvgIpc) is 1.35. The number of hydrogen-bond acceptors (Lipinski definition) is 0. The summed E-state index contributed by atoms with van der Waals surface area (Å²) in [6.45, 7) is 1.08. The highest BCUT2D eigenvalue weighted by Crippen LogP contribution is 2.17. The van der Waals surface area contributed by atoms with Crippen LogP contribution in [0.25, 0.3) is 0 Å². The van der Waals surface area contributed by atoms with E-state index in [4.69, 9.17) is 0 Å². The van der Waals surface area contributed by atoms with Gasteiger partial charge in [0, 0.05) is 6.42 Å². The molecule has 0 atom stereocenters. The molecule has 0 rings (SSSR count). The van der Waals surface area contributed by atoms with Gasteiger partial charge in [0.05, 0.1) is 0 Å². The number of hydrogen-bond donors (Lipinski definition) is 0. The van der Waals surface area contributed by atoms with E-state index in [9.17, 15) is 13.2 Å². The van der Waals surface area contributed by atoms with Crippen molar-refractivity contribution in [3.63, 3.8) is 0 Å². The lowest BCUT2D eigenvalue weighted by atomic mass is 10.5. The van der Waals surface area contributed by atoms with Gasteiger partial charge >= 0.3 is 6.18 Å². The summed E-state index contributed by atoms with van der Waals surface area (Å²) >= 11 is 0. The summed E-state index contributed by atoms with van der Waals surface area (Å²) in [7, 11) is 0. The van der Waals surface area contributed by atoms with Crippen LogP contribution in [0.3, 0.4) is 0 Å². The first-order valence-corrected chi connectivity index (χ1v) is 1.63. The molecule has 0 aliphatic carbocycles. The highest BCUT2D eigenvalue weighted by molar-refractivity contribution is 4.39. The van der Waals surface area contributed by atoms with Crippen LogP contribution in [0.15, 0.2) is 0 Å². The maximum atomic E-state index is 10.8. The summed E-state index contributed by atoms with van der Waals surface area (Å²) in [5, 5.41) is 0. The van der Waals surface area contributed by atoms with E-state index < -0.39 is 12.6 Å². The quantitative estimate of drug-likeness (QED) is 0.346. The van der Waals surface area contributed by atoms with Crippen LogP contribution in [-0.2, 0) is 0 Å². The van der Waals surface area contributed by atoms with Crippen LogP contribution in [0.2, 0.25) is 0 Å². The standard InChI is InChI=1S/C3H5F3.2ClH/c1-2-3(4,5)6;;/h2H2,1H3;2*1H/p-2. The first-order chi connectivity index (χ1) is 2.56. The number of halogens is 5. The SMILES string of the molecule is CCC(F)(F)F.[Cl-].[Cl-]. The topological polar surface area (TPSA) is 0 Å². The molecule has 0 amide bonds. The Morgan fingerprint density at radius 3 is 1.25 bits per heavy atom. The molecule has 0 bridgehead atoms. The molecule has 0 spiro atoms. The predicted molar refractivity (Wildman–Crippen MR) is 16.3 cm³/mol. The summed E-state index contributed by atoms with van der Waals surface area (Å²) in [5.41, 5.74) is 0. The highest BCUT2D eigenvalue weighted by atomic mass is 35.5. The maximum absolute atomic E-state index is 10.8. The second-order valence-electron chi connectivity index (χ2n) is 0.969. The molecular formula is C3H5Cl2F3-2. The smallest absolute Gasteiger partial charge is 0.388 e. The fraction of sp³-hybridized carbons (Fsp3) is 1.00. The third kappa shape index (κ3) is 16.2. The van der Waals surface area contributed by atoms with Crippen molar-refractivity contribution >= 4 is 0 Å². The molecule has 0 radical (unpaired) electrons. The van der Waals surface area contributed by atoms with Gasteiger partial charge in [-0.05, 0) is 0 Å².